The molecule has 0 amide bonds. The monoisotopic (exact) mass is 282 g/mol. The van der Waals surface area contributed by atoms with Crippen LogP contribution in [0.15, 0.2) is 29.8 Å². The van der Waals surface area contributed by atoms with Crippen LogP contribution in [0, 0.1) is 5.41 Å². The van der Waals surface area contributed by atoms with E-state index < -0.39 is 5.41 Å². The summed E-state index contributed by atoms with van der Waals surface area (Å²) in [4.78, 5) is 11.9. The van der Waals surface area contributed by atoms with Crippen molar-refractivity contribution < 1.29 is 9.53 Å². The van der Waals surface area contributed by atoms with Crippen molar-refractivity contribution in [1.82, 2.24) is 0 Å². The Hall–Kier alpha value is -1.83. The van der Waals surface area contributed by atoms with Gasteiger partial charge in [-0.3, -0.25) is 4.79 Å². The van der Waals surface area contributed by atoms with Crippen LogP contribution in [0.25, 0.3) is 12.2 Å². The van der Waals surface area contributed by atoms with Gasteiger partial charge in [-0.2, -0.15) is 0 Å². The van der Waals surface area contributed by atoms with E-state index in [4.69, 9.17) is 4.74 Å². The zero-order chi connectivity index (χ0) is 15.3. The van der Waals surface area contributed by atoms with E-state index in [1.807, 2.05) is 20.8 Å². The average Bonchev–Trinajstić information content (AvgIpc) is 2.74. The molecule has 0 heterocycles. The lowest BCUT2D eigenvalue weighted by molar-refractivity contribution is -0.151. The molecule has 21 heavy (non-hydrogen) atoms. The van der Waals surface area contributed by atoms with Crippen LogP contribution < -0.4 is 0 Å². The molecule has 1 atom stereocenters. The lowest BCUT2D eigenvalue weighted by atomic mass is 9.73. The highest BCUT2D eigenvalue weighted by molar-refractivity contribution is 5.77. The Labute approximate surface area is 126 Å². The number of carbonyl (C=O) groups is 1. The molecule has 0 saturated heterocycles. The van der Waals surface area contributed by atoms with Crippen molar-refractivity contribution in [2.24, 2.45) is 5.41 Å². The molecule has 0 radical (unpaired) electrons. The maximum Gasteiger partial charge on any atom is 0.311 e. The van der Waals surface area contributed by atoms with E-state index in [0.717, 1.165) is 6.42 Å². The lowest BCUT2D eigenvalue weighted by Gasteiger charge is -2.31. The quantitative estimate of drug-likeness (QED) is 0.754. The van der Waals surface area contributed by atoms with E-state index in [1.54, 1.807) is 0 Å². The van der Waals surface area contributed by atoms with Crippen LogP contribution in [0.1, 0.15) is 50.8 Å². The van der Waals surface area contributed by atoms with Crippen LogP contribution in [0.4, 0.5) is 0 Å². The van der Waals surface area contributed by atoms with Gasteiger partial charge < -0.3 is 4.74 Å². The average molecular weight is 282 g/mol. The fraction of sp³-hybridized carbons (Fsp3) is 0.421. The summed E-state index contributed by atoms with van der Waals surface area (Å²) >= 11 is 0. The number of benzene rings is 1. The molecular weight excluding hydrogens is 260 g/mol. The SMILES string of the molecule is CC(C)(C)C(=O)OCC1=Cc2cccc3c2C(C)(C=C3)C1. The second-order valence-electron chi connectivity index (χ2n) is 7.37. The Morgan fingerprint density at radius 3 is 2.71 bits per heavy atom. The second-order valence-corrected chi connectivity index (χ2v) is 7.37. The van der Waals surface area contributed by atoms with Crippen LogP contribution in [0.3, 0.4) is 0 Å². The van der Waals surface area contributed by atoms with Crippen molar-refractivity contribution in [3.8, 4) is 0 Å². The van der Waals surface area contributed by atoms with Crippen molar-refractivity contribution in [3.05, 3.63) is 46.5 Å². The zero-order valence-electron chi connectivity index (χ0n) is 13.2. The predicted octanol–water partition coefficient (Wildman–Crippen LogP) is 4.35. The Bertz CT molecular complexity index is 659. The van der Waals surface area contributed by atoms with E-state index >= 15 is 0 Å². The molecule has 0 fully saturated rings. The number of esters is 1. The highest BCUT2D eigenvalue weighted by atomic mass is 16.5. The normalized spacial score (nSPS) is 22.8. The van der Waals surface area contributed by atoms with Gasteiger partial charge in [0.1, 0.15) is 6.61 Å². The Morgan fingerprint density at radius 2 is 2.00 bits per heavy atom. The molecule has 110 valence electrons. The first-order valence-electron chi connectivity index (χ1n) is 7.49. The van der Waals surface area contributed by atoms with Gasteiger partial charge in [0.2, 0.25) is 0 Å². The van der Waals surface area contributed by atoms with Crippen LogP contribution in [0.2, 0.25) is 0 Å². The van der Waals surface area contributed by atoms with Crippen molar-refractivity contribution in [2.75, 3.05) is 6.61 Å². The predicted molar refractivity (Wildman–Crippen MR) is 85.8 cm³/mol. The van der Waals surface area contributed by atoms with Crippen molar-refractivity contribution in [3.63, 3.8) is 0 Å². The minimum absolute atomic E-state index is 0.0458. The van der Waals surface area contributed by atoms with Gasteiger partial charge in [0.15, 0.2) is 0 Å². The molecule has 3 rings (SSSR count). The third-order valence-corrected chi connectivity index (χ3v) is 4.29. The topological polar surface area (TPSA) is 26.3 Å². The maximum atomic E-state index is 11.9. The summed E-state index contributed by atoms with van der Waals surface area (Å²) in [5, 5.41) is 0. The largest absolute Gasteiger partial charge is 0.461 e. The third-order valence-electron chi connectivity index (χ3n) is 4.29. The lowest BCUT2D eigenvalue weighted by Crippen LogP contribution is -2.27. The number of hydrogen-bond acceptors (Lipinski definition) is 2. The summed E-state index contributed by atoms with van der Waals surface area (Å²) in [5.41, 5.74) is 4.77. The molecule has 2 heteroatoms. The van der Waals surface area contributed by atoms with E-state index in [2.05, 4.69) is 43.4 Å². The molecule has 1 unspecified atom stereocenters. The van der Waals surface area contributed by atoms with Gasteiger partial charge in [0, 0.05) is 5.41 Å². The van der Waals surface area contributed by atoms with E-state index in [-0.39, 0.29) is 11.4 Å². The Morgan fingerprint density at radius 1 is 1.29 bits per heavy atom. The molecule has 0 N–H and O–H groups in total. The molecular formula is C19H22O2. The Balaban J connectivity index is 1.84. The smallest absolute Gasteiger partial charge is 0.311 e. The molecule has 0 saturated carbocycles. The number of hydrogen-bond donors (Lipinski definition) is 0. The van der Waals surface area contributed by atoms with Gasteiger partial charge in [-0.05, 0) is 49.5 Å². The number of rotatable bonds is 2. The first-order valence-corrected chi connectivity index (χ1v) is 7.49. The van der Waals surface area contributed by atoms with Crippen LogP contribution in [-0.2, 0) is 14.9 Å². The molecule has 0 aromatic heterocycles. The Kier molecular flexibility index (Phi) is 3.09. The van der Waals surface area contributed by atoms with Crippen molar-refractivity contribution in [1.29, 1.82) is 0 Å². The molecule has 2 aliphatic carbocycles. The minimum Gasteiger partial charge on any atom is -0.461 e. The van der Waals surface area contributed by atoms with E-state index in [9.17, 15) is 4.79 Å². The molecule has 2 nitrogen and oxygen atoms in total. The number of carbonyl (C=O) groups excluding carboxylic acids is 1. The summed E-state index contributed by atoms with van der Waals surface area (Å²) < 4.78 is 5.48. The molecule has 2 aliphatic rings. The minimum atomic E-state index is -0.447. The first-order chi connectivity index (χ1) is 9.79. The van der Waals surface area contributed by atoms with Gasteiger partial charge in [-0.25, -0.2) is 0 Å². The highest BCUT2D eigenvalue weighted by Gasteiger charge is 2.35. The summed E-state index contributed by atoms with van der Waals surface area (Å²) in [5.74, 6) is -0.143. The first kappa shape index (κ1) is 14.1. The second kappa shape index (κ2) is 4.59. The van der Waals surface area contributed by atoms with Gasteiger partial charge in [0.05, 0.1) is 5.41 Å². The highest BCUT2D eigenvalue weighted by Crippen LogP contribution is 2.46. The summed E-state index contributed by atoms with van der Waals surface area (Å²) in [7, 11) is 0. The molecule has 0 spiro atoms. The molecule has 0 aliphatic heterocycles. The summed E-state index contributed by atoms with van der Waals surface area (Å²) in [6.07, 6.45) is 7.59. The molecule has 1 aromatic carbocycles. The molecule has 0 bridgehead atoms. The third kappa shape index (κ3) is 2.44. The molecule has 1 aromatic rings. The van der Waals surface area contributed by atoms with E-state index in [1.165, 1.54) is 22.3 Å². The van der Waals surface area contributed by atoms with Crippen molar-refractivity contribution >= 4 is 18.1 Å². The van der Waals surface area contributed by atoms with Crippen LogP contribution >= 0.6 is 0 Å². The van der Waals surface area contributed by atoms with Crippen LogP contribution in [0.5, 0.6) is 0 Å². The number of allylic oxidation sites excluding steroid dienone is 1. The fourth-order valence-electron chi connectivity index (χ4n) is 3.22. The zero-order valence-corrected chi connectivity index (χ0v) is 13.2. The van der Waals surface area contributed by atoms with E-state index in [0.29, 0.717) is 6.61 Å². The fourth-order valence-corrected chi connectivity index (χ4v) is 3.22. The van der Waals surface area contributed by atoms with Crippen LogP contribution in [-0.4, -0.2) is 12.6 Å². The van der Waals surface area contributed by atoms with Crippen molar-refractivity contribution in [2.45, 2.75) is 39.5 Å². The van der Waals surface area contributed by atoms with Gasteiger partial charge in [0.25, 0.3) is 0 Å². The summed E-state index contributed by atoms with van der Waals surface area (Å²) in [6, 6.07) is 6.40. The maximum absolute atomic E-state index is 11.9. The number of ether oxygens (including phenoxy) is 1. The van der Waals surface area contributed by atoms with Gasteiger partial charge in [-0.15, -0.1) is 0 Å². The van der Waals surface area contributed by atoms with Gasteiger partial charge in [-0.1, -0.05) is 43.4 Å². The van der Waals surface area contributed by atoms with Gasteiger partial charge >= 0.3 is 5.97 Å². The standard InChI is InChI=1S/C19H22O2/c1-18(2,3)17(20)21-12-13-10-15-7-5-6-14-8-9-19(4,11-13)16(14)15/h5-10H,11-12H2,1-4H3. The summed E-state index contributed by atoms with van der Waals surface area (Å²) in [6.45, 7) is 8.30.